The molecule has 0 radical (unpaired) electrons. The lowest BCUT2D eigenvalue weighted by molar-refractivity contribution is 0.0315. The lowest BCUT2D eigenvalue weighted by Gasteiger charge is -2.27. The van der Waals surface area contributed by atoms with E-state index in [1.165, 1.54) is 5.56 Å². The minimum atomic E-state index is -0.802. The van der Waals surface area contributed by atoms with Crippen molar-refractivity contribution in [1.29, 1.82) is 0 Å². The smallest absolute Gasteiger partial charge is 0.0933 e. The van der Waals surface area contributed by atoms with E-state index in [-0.39, 0.29) is 0 Å². The Labute approximate surface area is 98.1 Å². The first-order chi connectivity index (χ1) is 7.62. The Kier molecular flexibility index (Phi) is 4.51. The Morgan fingerprint density at radius 1 is 1.19 bits per heavy atom. The van der Waals surface area contributed by atoms with Crippen molar-refractivity contribution in [2.75, 3.05) is 0 Å². The number of hydrogen-bond acceptors (Lipinski definition) is 1. The number of aliphatic hydroxyl groups is 1. The zero-order valence-electron chi connectivity index (χ0n) is 9.95. The highest BCUT2D eigenvalue weighted by atomic mass is 16.3. The van der Waals surface area contributed by atoms with E-state index in [1.807, 2.05) is 37.3 Å². The zero-order chi connectivity index (χ0) is 12.0. The molecule has 0 aliphatic heterocycles. The van der Waals surface area contributed by atoms with Gasteiger partial charge in [0.15, 0.2) is 0 Å². The van der Waals surface area contributed by atoms with E-state index in [2.05, 4.69) is 13.2 Å². The van der Waals surface area contributed by atoms with Crippen LogP contribution in [0.1, 0.15) is 30.4 Å². The monoisotopic (exact) mass is 216 g/mol. The summed E-state index contributed by atoms with van der Waals surface area (Å²) in [5, 5.41) is 10.6. The third kappa shape index (κ3) is 3.07. The number of aryl methyl sites for hydroxylation is 1. The van der Waals surface area contributed by atoms with Crippen LogP contribution in [0.2, 0.25) is 0 Å². The molecule has 0 aromatic heterocycles. The summed E-state index contributed by atoms with van der Waals surface area (Å²) in [7, 11) is 0. The molecule has 0 fully saturated rings. The van der Waals surface area contributed by atoms with Gasteiger partial charge in [0.25, 0.3) is 0 Å². The highest BCUT2D eigenvalue weighted by molar-refractivity contribution is 5.27. The van der Waals surface area contributed by atoms with Gasteiger partial charge < -0.3 is 5.11 Å². The first-order valence-corrected chi connectivity index (χ1v) is 5.64. The Morgan fingerprint density at radius 2 is 1.81 bits per heavy atom. The molecule has 1 aromatic carbocycles. The summed E-state index contributed by atoms with van der Waals surface area (Å²) in [6.07, 6.45) is 5.67. The minimum absolute atomic E-state index is 0.573. The van der Waals surface area contributed by atoms with E-state index in [0.717, 1.165) is 12.0 Å². The highest BCUT2D eigenvalue weighted by Gasteiger charge is 2.26. The van der Waals surface area contributed by atoms with Crippen LogP contribution in [0.5, 0.6) is 0 Å². The molecule has 0 amide bonds. The molecule has 16 heavy (non-hydrogen) atoms. The van der Waals surface area contributed by atoms with Crippen LogP contribution in [0.4, 0.5) is 0 Å². The molecule has 0 saturated carbocycles. The van der Waals surface area contributed by atoms with Crippen molar-refractivity contribution in [2.24, 2.45) is 0 Å². The third-order valence-electron chi connectivity index (χ3n) is 2.83. The topological polar surface area (TPSA) is 20.2 Å². The maximum Gasteiger partial charge on any atom is 0.0933 e. The van der Waals surface area contributed by atoms with Crippen molar-refractivity contribution < 1.29 is 5.11 Å². The van der Waals surface area contributed by atoms with Gasteiger partial charge in [0.1, 0.15) is 0 Å². The largest absolute Gasteiger partial charge is 0.385 e. The highest BCUT2D eigenvalue weighted by Crippen LogP contribution is 2.30. The van der Waals surface area contributed by atoms with Gasteiger partial charge in [-0.1, -0.05) is 42.0 Å². The van der Waals surface area contributed by atoms with Crippen LogP contribution in [0.15, 0.2) is 49.6 Å². The van der Waals surface area contributed by atoms with E-state index in [1.54, 1.807) is 6.08 Å². The molecule has 1 aromatic rings. The maximum atomic E-state index is 10.6. The lowest BCUT2D eigenvalue weighted by atomic mass is 9.86. The summed E-state index contributed by atoms with van der Waals surface area (Å²) >= 11 is 0. The predicted octanol–water partition coefficient (Wildman–Crippen LogP) is 3.72. The van der Waals surface area contributed by atoms with Gasteiger partial charge in [0.2, 0.25) is 0 Å². The van der Waals surface area contributed by atoms with Crippen molar-refractivity contribution >= 4 is 0 Å². The molecule has 0 bridgehead atoms. The fourth-order valence-electron chi connectivity index (χ4n) is 1.81. The molecular formula is C15H20O. The third-order valence-corrected chi connectivity index (χ3v) is 2.83. The van der Waals surface area contributed by atoms with Crippen molar-refractivity contribution in [3.05, 3.63) is 60.7 Å². The second-order valence-corrected chi connectivity index (χ2v) is 4.22. The van der Waals surface area contributed by atoms with Gasteiger partial charge in [0.05, 0.1) is 5.60 Å². The molecule has 0 saturated heterocycles. The van der Waals surface area contributed by atoms with E-state index in [4.69, 9.17) is 0 Å². The maximum absolute atomic E-state index is 10.6. The number of benzene rings is 1. The molecule has 1 unspecified atom stereocenters. The quantitative estimate of drug-likeness (QED) is 0.718. The number of hydrogen-bond donors (Lipinski definition) is 1. The molecule has 1 nitrogen and oxygen atoms in total. The average Bonchev–Trinajstić information content (AvgIpc) is 2.27. The Morgan fingerprint density at radius 3 is 2.31 bits per heavy atom. The average molecular weight is 216 g/mol. The summed E-state index contributed by atoms with van der Waals surface area (Å²) < 4.78 is 0. The van der Waals surface area contributed by atoms with Crippen LogP contribution in [0.25, 0.3) is 0 Å². The first-order valence-electron chi connectivity index (χ1n) is 5.64. The van der Waals surface area contributed by atoms with Crippen LogP contribution in [0, 0.1) is 6.92 Å². The van der Waals surface area contributed by atoms with Crippen LogP contribution in [0.3, 0.4) is 0 Å². The standard InChI is InChI=1S/C15H20O/c1-4-6-12-15(16,11-5-2)14-9-7-13(3)8-10-14/h4-5,7-10,16H,1-2,6,11-12H2,3H3. The molecule has 1 N–H and O–H groups in total. The van der Waals surface area contributed by atoms with Gasteiger partial charge in [-0.05, 0) is 31.7 Å². The van der Waals surface area contributed by atoms with Crippen molar-refractivity contribution in [3.8, 4) is 0 Å². The zero-order valence-corrected chi connectivity index (χ0v) is 9.95. The molecule has 1 heteroatoms. The van der Waals surface area contributed by atoms with Crippen molar-refractivity contribution in [1.82, 2.24) is 0 Å². The van der Waals surface area contributed by atoms with Gasteiger partial charge in [-0.15, -0.1) is 13.2 Å². The SMILES string of the molecule is C=CCCC(O)(CC=C)c1ccc(C)cc1. The van der Waals surface area contributed by atoms with Crippen LogP contribution in [-0.4, -0.2) is 5.11 Å². The fraction of sp³-hybridized carbons (Fsp3) is 0.333. The summed E-state index contributed by atoms with van der Waals surface area (Å²) in [6.45, 7) is 9.45. The van der Waals surface area contributed by atoms with Gasteiger partial charge in [-0.3, -0.25) is 0 Å². The van der Waals surface area contributed by atoms with Crippen LogP contribution >= 0.6 is 0 Å². The lowest BCUT2D eigenvalue weighted by Crippen LogP contribution is -2.24. The first kappa shape index (κ1) is 12.7. The molecular weight excluding hydrogens is 196 g/mol. The second-order valence-electron chi connectivity index (χ2n) is 4.22. The van der Waals surface area contributed by atoms with E-state index < -0.39 is 5.60 Å². The van der Waals surface area contributed by atoms with Gasteiger partial charge in [0, 0.05) is 0 Å². The number of allylic oxidation sites excluding steroid dienone is 1. The van der Waals surface area contributed by atoms with E-state index in [0.29, 0.717) is 12.8 Å². The van der Waals surface area contributed by atoms with Crippen LogP contribution < -0.4 is 0 Å². The molecule has 1 rings (SSSR count). The van der Waals surface area contributed by atoms with Gasteiger partial charge in [-0.25, -0.2) is 0 Å². The molecule has 1 atom stereocenters. The second kappa shape index (κ2) is 5.66. The Bertz CT molecular complexity index is 350. The summed E-state index contributed by atoms with van der Waals surface area (Å²) in [5.74, 6) is 0. The number of rotatable bonds is 6. The fourth-order valence-corrected chi connectivity index (χ4v) is 1.81. The molecule has 0 aliphatic rings. The molecule has 86 valence electrons. The van der Waals surface area contributed by atoms with Gasteiger partial charge >= 0.3 is 0 Å². The van der Waals surface area contributed by atoms with Crippen molar-refractivity contribution in [3.63, 3.8) is 0 Å². The Hall–Kier alpha value is -1.34. The molecule has 0 spiro atoms. The van der Waals surface area contributed by atoms with E-state index in [9.17, 15) is 5.11 Å². The minimum Gasteiger partial charge on any atom is -0.385 e. The Balaban J connectivity index is 2.94. The van der Waals surface area contributed by atoms with Crippen LogP contribution in [-0.2, 0) is 5.60 Å². The van der Waals surface area contributed by atoms with E-state index >= 15 is 0 Å². The molecule has 0 aliphatic carbocycles. The van der Waals surface area contributed by atoms with Crippen molar-refractivity contribution in [2.45, 2.75) is 31.8 Å². The summed E-state index contributed by atoms with van der Waals surface area (Å²) in [6, 6.07) is 8.03. The molecule has 0 heterocycles. The summed E-state index contributed by atoms with van der Waals surface area (Å²) in [5.41, 5.74) is 1.36. The summed E-state index contributed by atoms with van der Waals surface area (Å²) in [4.78, 5) is 0. The predicted molar refractivity (Wildman–Crippen MR) is 69.3 cm³/mol. The normalized spacial score (nSPS) is 14.1. The van der Waals surface area contributed by atoms with Gasteiger partial charge in [-0.2, -0.15) is 0 Å².